The van der Waals surface area contributed by atoms with Gasteiger partial charge in [-0.05, 0) is 98.0 Å². The molecule has 5 rings (SSSR count). The Bertz CT molecular complexity index is 2640. The number of H-pyrrole nitrogens is 1. The molecule has 0 spiro atoms. The molecule has 0 aliphatic rings. The number of benzene rings is 4. The summed E-state index contributed by atoms with van der Waals surface area (Å²) in [5, 5.41) is 34.6. The lowest BCUT2D eigenvalue weighted by molar-refractivity contribution is -0.122. The summed E-state index contributed by atoms with van der Waals surface area (Å²) in [6.45, 7) is 6.58. The van der Waals surface area contributed by atoms with Gasteiger partial charge >= 0.3 is 0 Å². The molecule has 5 aromatic rings. The summed E-state index contributed by atoms with van der Waals surface area (Å²) in [4.78, 5) is 56.9. The van der Waals surface area contributed by atoms with Gasteiger partial charge in [0.25, 0.3) is 17.8 Å². The highest BCUT2D eigenvalue weighted by Gasteiger charge is 2.12. The minimum atomic E-state index is -0.618. The number of phenols is 1. The largest absolute Gasteiger partial charge is 0.506 e. The molecule has 8 N–H and O–H groups in total. The maximum Gasteiger partial charge on any atom is 0.281 e. The second kappa shape index (κ2) is 33.4. The van der Waals surface area contributed by atoms with Crippen LogP contribution >= 0.6 is 0 Å². The van der Waals surface area contributed by atoms with Crippen LogP contribution < -0.4 is 27.3 Å². The van der Waals surface area contributed by atoms with Crippen LogP contribution in [-0.2, 0) is 50.9 Å². The van der Waals surface area contributed by atoms with Gasteiger partial charge in [0.2, 0.25) is 17.4 Å². The normalized spacial score (nSPS) is 11.6. The first-order valence-electron chi connectivity index (χ1n) is 24.5. The Kier molecular flexibility index (Phi) is 26.0. The standard InChI is InChI=1S/C52H68N10O12/c1-68-51(54)57-21-18-38-12-17-46(63)44(36-38)61-60-42-15-13-39(14-16-42)49(66)56-22-25-70-27-29-72-31-33-74-35-34-73-32-30-71-28-26-69-24-19-47(64)55-20-5-2-6-23-62-45-11-4-3-10-43(45)58-52(62)59-50(67)41-9-7-8-40(37-41)48(53)65/h3-4,7-17,36-37,63H,2,5-6,18-35H2,1H3,(H2,53,65)(H2,54,57)(H,55,64)(H,56,66)(H,58,59,67)/b61-60+. The number of aryl methyl sites for hydroxylation is 1. The second-order valence-electron chi connectivity index (χ2n) is 16.4. The van der Waals surface area contributed by atoms with Crippen LogP contribution in [0.3, 0.4) is 0 Å². The molecule has 4 amide bonds. The Morgan fingerprint density at radius 2 is 1.30 bits per heavy atom. The lowest BCUT2D eigenvalue weighted by Gasteiger charge is -2.09. The van der Waals surface area contributed by atoms with E-state index in [1.54, 1.807) is 60.7 Å². The van der Waals surface area contributed by atoms with Crippen LogP contribution in [0.1, 0.15) is 62.3 Å². The molecule has 398 valence electrons. The van der Waals surface area contributed by atoms with Crippen LogP contribution in [0.2, 0.25) is 0 Å². The lowest BCUT2D eigenvalue weighted by Crippen LogP contribution is -2.27. The SMILES string of the molecule is COC(=N)NCCc1ccc(O)c(/N=N/c2ccc(C(=O)NCCOCCOCCOCCOCCOCCOCCC(=O)NCCCCCn3/c(=N/C(=O)c4cccc(C(N)=O)c4)[nH]c4ccccc43)cc2)c1. The summed E-state index contributed by atoms with van der Waals surface area (Å²) >= 11 is 0. The molecule has 0 unspecified atom stereocenters. The topological polar surface area (TPSA) is 297 Å². The van der Waals surface area contributed by atoms with Crippen molar-refractivity contribution in [2.75, 3.05) is 106 Å². The quantitative estimate of drug-likeness (QED) is 0.0124. The molecule has 0 aliphatic carbocycles. The third-order valence-corrected chi connectivity index (χ3v) is 10.9. The van der Waals surface area contributed by atoms with Crippen LogP contribution in [0.5, 0.6) is 5.75 Å². The summed E-state index contributed by atoms with van der Waals surface area (Å²) in [6.07, 6.45) is 3.28. The summed E-state index contributed by atoms with van der Waals surface area (Å²) in [6, 6.07) is 25.5. The van der Waals surface area contributed by atoms with Gasteiger partial charge in [-0.15, -0.1) is 5.11 Å². The first kappa shape index (κ1) is 57.6. The minimum Gasteiger partial charge on any atom is -0.506 e. The van der Waals surface area contributed by atoms with E-state index >= 15 is 0 Å². The summed E-state index contributed by atoms with van der Waals surface area (Å²) in [7, 11) is 1.42. The Labute approximate surface area is 429 Å². The van der Waals surface area contributed by atoms with E-state index in [0.717, 1.165) is 35.9 Å². The van der Waals surface area contributed by atoms with Crippen LogP contribution in [0.25, 0.3) is 11.0 Å². The number of nitrogens with one attached hydrogen (secondary N) is 5. The van der Waals surface area contributed by atoms with E-state index in [1.807, 2.05) is 28.8 Å². The van der Waals surface area contributed by atoms with Gasteiger partial charge < -0.3 is 69.5 Å². The number of unbranched alkanes of at least 4 members (excludes halogenated alkanes) is 2. The molecule has 0 aliphatic heterocycles. The van der Waals surface area contributed by atoms with Gasteiger partial charge in [-0.25, -0.2) is 0 Å². The van der Waals surface area contributed by atoms with Crippen molar-refractivity contribution < 1.29 is 57.4 Å². The fourth-order valence-electron chi connectivity index (χ4n) is 6.98. The van der Waals surface area contributed by atoms with Crippen LogP contribution in [-0.4, -0.2) is 150 Å². The zero-order valence-electron chi connectivity index (χ0n) is 41.8. The number of hydrogen-bond donors (Lipinski definition) is 7. The molecular formula is C52H68N10O12. The van der Waals surface area contributed by atoms with Crippen LogP contribution in [0.15, 0.2) is 106 Å². The van der Waals surface area contributed by atoms with Crippen molar-refractivity contribution in [3.8, 4) is 5.75 Å². The van der Waals surface area contributed by atoms with E-state index in [0.29, 0.717) is 134 Å². The third-order valence-electron chi connectivity index (χ3n) is 10.9. The number of aromatic hydroxyl groups is 1. The Hall–Kier alpha value is -7.34. The molecule has 4 aromatic carbocycles. The van der Waals surface area contributed by atoms with E-state index in [9.17, 15) is 24.3 Å². The van der Waals surface area contributed by atoms with Crippen molar-refractivity contribution in [3.63, 3.8) is 0 Å². The van der Waals surface area contributed by atoms with Gasteiger partial charge in [0.15, 0.2) is 0 Å². The molecule has 1 aromatic heterocycles. The maximum absolute atomic E-state index is 13.0. The average Bonchev–Trinajstić information content (AvgIpc) is 3.76. The van der Waals surface area contributed by atoms with Gasteiger partial charge in [0, 0.05) is 49.3 Å². The first-order chi connectivity index (χ1) is 36.1. The van der Waals surface area contributed by atoms with E-state index in [4.69, 9.17) is 44.3 Å². The van der Waals surface area contributed by atoms with E-state index in [-0.39, 0.29) is 41.1 Å². The molecule has 0 saturated heterocycles. The number of imidazole rings is 1. The van der Waals surface area contributed by atoms with E-state index < -0.39 is 11.8 Å². The summed E-state index contributed by atoms with van der Waals surface area (Å²) in [5.74, 6) is -1.45. The van der Waals surface area contributed by atoms with Crippen molar-refractivity contribution in [2.24, 2.45) is 21.0 Å². The monoisotopic (exact) mass is 1020 g/mol. The molecule has 0 atom stereocenters. The third kappa shape index (κ3) is 21.4. The Morgan fingerprint density at radius 1 is 0.649 bits per heavy atom. The number of fused-ring (bicyclic) bond motifs is 1. The van der Waals surface area contributed by atoms with Crippen molar-refractivity contribution in [3.05, 3.63) is 119 Å². The first-order valence-corrected chi connectivity index (χ1v) is 24.5. The predicted octanol–water partition coefficient (Wildman–Crippen LogP) is 4.85. The fourth-order valence-corrected chi connectivity index (χ4v) is 6.98. The number of ether oxygens (including phenoxy) is 7. The average molecular weight is 1030 g/mol. The number of nitrogens with zero attached hydrogens (tertiary/aromatic N) is 4. The maximum atomic E-state index is 13.0. The van der Waals surface area contributed by atoms with Gasteiger partial charge in [-0.1, -0.05) is 24.3 Å². The number of hydrogen-bond acceptors (Lipinski definition) is 15. The van der Waals surface area contributed by atoms with Crippen LogP contribution in [0, 0.1) is 5.41 Å². The Balaban J connectivity index is 0.773. The second-order valence-corrected chi connectivity index (χ2v) is 16.4. The molecule has 0 radical (unpaired) electrons. The number of carbonyl (C=O) groups excluding carboxylic acids is 4. The van der Waals surface area contributed by atoms with Gasteiger partial charge in [-0.3, -0.25) is 24.6 Å². The van der Waals surface area contributed by atoms with E-state index in [1.165, 1.54) is 13.2 Å². The number of carbonyl (C=O) groups is 4. The highest BCUT2D eigenvalue weighted by Crippen LogP contribution is 2.29. The number of amidine groups is 1. The molecule has 22 heteroatoms. The van der Waals surface area contributed by atoms with Crippen molar-refractivity contribution in [1.29, 1.82) is 5.41 Å². The number of phenolic OH excluding ortho intramolecular Hbond substituents is 1. The lowest BCUT2D eigenvalue weighted by atomic mass is 10.1. The number of nitrogens with two attached hydrogens (primary N) is 1. The fraction of sp³-hybridized carbons (Fsp3) is 0.423. The van der Waals surface area contributed by atoms with Crippen molar-refractivity contribution in [1.82, 2.24) is 25.5 Å². The number of para-hydroxylation sites is 2. The highest BCUT2D eigenvalue weighted by molar-refractivity contribution is 5.99. The smallest absolute Gasteiger partial charge is 0.281 e. The molecule has 74 heavy (non-hydrogen) atoms. The number of aromatic amines is 1. The summed E-state index contributed by atoms with van der Waals surface area (Å²) in [5.41, 5.74) is 10.2. The zero-order chi connectivity index (χ0) is 52.6. The van der Waals surface area contributed by atoms with Gasteiger partial charge in [0.1, 0.15) is 11.4 Å². The number of methoxy groups -OCH3 is 1. The van der Waals surface area contributed by atoms with Crippen molar-refractivity contribution >= 4 is 52.1 Å². The number of azo groups is 1. The van der Waals surface area contributed by atoms with Gasteiger partial charge in [-0.2, -0.15) is 10.1 Å². The molecule has 1 heterocycles. The number of amides is 4. The molecule has 22 nitrogen and oxygen atoms in total. The highest BCUT2D eigenvalue weighted by atomic mass is 16.6. The number of rotatable bonds is 35. The zero-order valence-corrected chi connectivity index (χ0v) is 41.8. The Morgan fingerprint density at radius 3 is 1.97 bits per heavy atom. The van der Waals surface area contributed by atoms with Crippen molar-refractivity contribution in [2.45, 2.75) is 38.6 Å². The number of aromatic nitrogens is 2. The minimum absolute atomic E-state index is 0.0119. The van der Waals surface area contributed by atoms with Gasteiger partial charge in [0.05, 0.1) is 103 Å². The summed E-state index contributed by atoms with van der Waals surface area (Å²) < 4.78 is 39.9. The molecular weight excluding hydrogens is 957 g/mol. The predicted molar refractivity (Wildman–Crippen MR) is 275 cm³/mol. The molecule has 0 saturated carbocycles. The van der Waals surface area contributed by atoms with Crippen LogP contribution in [0.4, 0.5) is 11.4 Å². The molecule has 0 bridgehead atoms. The van der Waals surface area contributed by atoms with E-state index in [2.05, 4.69) is 36.2 Å². The molecule has 0 fully saturated rings. The number of primary amides is 1.